The van der Waals surface area contributed by atoms with E-state index in [-0.39, 0.29) is 44.0 Å². The summed E-state index contributed by atoms with van der Waals surface area (Å²) in [6.07, 6.45) is 3.65. The van der Waals surface area contributed by atoms with Gasteiger partial charge in [0.25, 0.3) is 0 Å². The summed E-state index contributed by atoms with van der Waals surface area (Å²) in [7, 11) is 0. The summed E-state index contributed by atoms with van der Waals surface area (Å²) in [5, 5.41) is 12.9. The molecule has 2 bridgehead atoms. The number of carbonyl (C=O) groups is 4. The van der Waals surface area contributed by atoms with Gasteiger partial charge in [0.15, 0.2) is 0 Å². The van der Waals surface area contributed by atoms with Crippen LogP contribution < -0.4 is 5.32 Å². The zero-order valence-corrected chi connectivity index (χ0v) is 24.7. The van der Waals surface area contributed by atoms with E-state index in [1.165, 1.54) is 4.90 Å². The van der Waals surface area contributed by atoms with Gasteiger partial charge in [-0.15, -0.1) is 13.2 Å². The molecule has 3 amide bonds. The van der Waals surface area contributed by atoms with E-state index < -0.39 is 53.6 Å². The molecule has 10 nitrogen and oxygen atoms in total. The first-order chi connectivity index (χ1) is 20.1. The number of amides is 3. The number of hydrogen-bond donors (Lipinski definition) is 2. The number of nitrogens with one attached hydrogen (secondary N) is 1. The van der Waals surface area contributed by atoms with Crippen molar-refractivity contribution in [3.05, 3.63) is 61.2 Å². The number of esters is 1. The van der Waals surface area contributed by atoms with Gasteiger partial charge in [-0.05, 0) is 45.6 Å². The topological polar surface area (TPSA) is 125 Å². The average Bonchev–Trinajstić information content (AvgIpc) is 3.63. The van der Waals surface area contributed by atoms with Gasteiger partial charge in [-0.2, -0.15) is 0 Å². The SMILES string of the molecule is C=CCCC(=O)NC[C@H](OC(=O)[C@@H]1[C@@H]2CC[C@]3(O2)[C@H](C(=O)N(CC=C)C(C)C)N([C@H](C)CO)C(=O)[C@@H]13)c1ccccc1. The van der Waals surface area contributed by atoms with Gasteiger partial charge in [-0.1, -0.05) is 42.5 Å². The Hall–Kier alpha value is -3.50. The van der Waals surface area contributed by atoms with Crippen LogP contribution in [-0.2, 0) is 28.7 Å². The molecule has 0 aromatic heterocycles. The van der Waals surface area contributed by atoms with Crippen molar-refractivity contribution in [3.8, 4) is 0 Å². The number of carbonyl (C=O) groups excluding carboxylic acids is 4. The lowest BCUT2D eigenvalue weighted by molar-refractivity contribution is -0.161. The highest BCUT2D eigenvalue weighted by molar-refractivity contribution is 5.98. The fraction of sp³-hybridized carbons (Fsp3) is 0.562. The quantitative estimate of drug-likeness (QED) is 0.256. The van der Waals surface area contributed by atoms with Crippen LogP contribution in [0.15, 0.2) is 55.6 Å². The maximum absolute atomic E-state index is 14.1. The van der Waals surface area contributed by atoms with Gasteiger partial charge in [0.2, 0.25) is 17.7 Å². The lowest BCUT2D eigenvalue weighted by atomic mass is 9.70. The lowest BCUT2D eigenvalue weighted by Crippen LogP contribution is -2.59. The highest BCUT2D eigenvalue weighted by atomic mass is 16.6. The molecule has 0 unspecified atom stereocenters. The summed E-state index contributed by atoms with van der Waals surface area (Å²) in [5.74, 6) is -3.33. The summed E-state index contributed by atoms with van der Waals surface area (Å²) >= 11 is 0. The molecule has 3 heterocycles. The largest absolute Gasteiger partial charge is 0.455 e. The summed E-state index contributed by atoms with van der Waals surface area (Å²) < 4.78 is 12.5. The van der Waals surface area contributed by atoms with E-state index in [4.69, 9.17) is 9.47 Å². The number of aliphatic hydroxyl groups excluding tert-OH is 1. The maximum atomic E-state index is 14.1. The molecule has 4 rings (SSSR count). The summed E-state index contributed by atoms with van der Waals surface area (Å²) in [6, 6.07) is 7.29. The highest BCUT2D eigenvalue weighted by Crippen LogP contribution is 2.59. The van der Waals surface area contributed by atoms with Gasteiger partial charge >= 0.3 is 5.97 Å². The number of nitrogens with zero attached hydrogens (tertiary/aromatic N) is 2. The second kappa shape index (κ2) is 13.2. The number of likely N-dealkylation sites (tertiary alicyclic amines) is 1. The number of allylic oxidation sites excluding steroid dienone is 1. The van der Waals surface area contributed by atoms with Crippen molar-refractivity contribution >= 4 is 23.7 Å². The van der Waals surface area contributed by atoms with Crippen LogP contribution in [-0.4, -0.2) is 88.1 Å². The molecule has 0 saturated carbocycles. The van der Waals surface area contributed by atoms with Gasteiger partial charge < -0.3 is 29.7 Å². The standard InChI is InChI=1S/C32H43N3O7/c1-6-8-14-25(37)33-18-24(22-12-10-9-11-13-22)41-31(40)26-23-15-16-32(42-23)27(26)29(38)35(21(5)19-36)28(32)30(39)34(17-7-2)20(3)4/h6-7,9-13,20-21,23-24,26-28,36H,1-2,8,14-19H2,3-5H3,(H,33,37)/t21-,23+,24+,26-,27-,28+,32-/m1/s1. The number of benzene rings is 1. The molecule has 1 spiro atoms. The molecule has 7 atom stereocenters. The summed E-state index contributed by atoms with van der Waals surface area (Å²) in [5.41, 5.74) is -0.506. The Kier molecular flexibility index (Phi) is 9.89. The number of ether oxygens (including phenoxy) is 2. The Bertz CT molecular complexity index is 1190. The third kappa shape index (κ3) is 5.74. The van der Waals surface area contributed by atoms with Crippen LogP contribution >= 0.6 is 0 Å². The molecule has 1 aromatic carbocycles. The Morgan fingerprint density at radius 2 is 1.93 bits per heavy atom. The number of fused-ring (bicyclic) bond motifs is 1. The van der Waals surface area contributed by atoms with Gasteiger partial charge in [-0.25, -0.2) is 0 Å². The van der Waals surface area contributed by atoms with Crippen molar-refractivity contribution in [3.63, 3.8) is 0 Å². The number of rotatable bonds is 14. The first-order valence-corrected chi connectivity index (χ1v) is 14.8. The van der Waals surface area contributed by atoms with Crippen molar-refractivity contribution in [2.45, 2.75) is 82.4 Å². The molecule has 228 valence electrons. The van der Waals surface area contributed by atoms with Crippen molar-refractivity contribution < 1.29 is 33.8 Å². The molecule has 2 N–H and O–H groups in total. The zero-order chi connectivity index (χ0) is 30.6. The first-order valence-electron chi connectivity index (χ1n) is 14.8. The zero-order valence-electron chi connectivity index (χ0n) is 24.7. The van der Waals surface area contributed by atoms with E-state index in [1.54, 1.807) is 24.0 Å². The molecule has 10 heteroatoms. The van der Waals surface area contributed by atoms with Crippen molar-refractivity contribution in [1.29, 1.82) is 0 Å². The highest BCUT2D eigenvalue weighted by Gasteiger charge is 2.75. The maximum Gasteiger partial charge on any atom is 0.313 e. The van der Waals surface area contributed by atoms with E-state index in [0.717, 1.165) is 0 Å². The molecule has 3 aliphatic heterocycles. The first kappa shape index (κ1) is 31.4. The second-order valence-electron chi connectivity index (χ2n) is 11.7. The molecule has 0 radical (unpaired) electrons. The van der Waals surface area contributed by atoms with E-state index in [1.807, 2.05) is 44.2 Å². The minimum atomic E-state index is -1.21. The predicted octanol–water partition coefficient (Wildman–Crippen LogP) is 2.53. The molecular weight excluding hydrogens is 538 g/mol. The van der Waals surface area contributed by atoms with Crippen LogP contribution in [0.5, 0.6) is 0 Å². The van der Waals surface area contributed by atoms with E-state index in [9.17, 15) is 24.3 Å². The van der Waals surface area contributed by atoms with Gasteiger partial charge in [-0.3, -0.25) is 19.2 Å². The summed E-state index contributed by atoms with van der Waals surface area (Å²) in [4.78, 5) is 57.5. The Morgan fingerprint density at radius 1 is 1.21 bits per heavy atom. The van der Waals surface area contributed by atoms with E-state index >= 15 is 0 Å². The molecular formula is C32H43N3O7. The van der Waals surface area contributed by atoms with Crippen molar-refractivity contribution in [1.82, 2.24) is 15.1 Å². The fourth-order valence-corrected chi connectivity index (χ4v) is 6.69. The van der Waals surface area contributed by atoms with Gasteiger partial charge in [0, 0.05) is 19.0 Å². The molecule has 42 heavy (non-hydrogen) atoms. The van der Waals surface area contributed by atoms with Crippen LogP contribution in [0.3, 0.4) is 0 Å². The Morgan fingerprint density at radius 3 is 2.55 bits per heavy atom. The van der Waals surface area contributed by atoms with Crippen molar-refractivity contribution in [2.24, 2.45) is 11.8 Å². The van der Waals surface area contributed by atoms with Gasteiger partial charge in [0.1, 0.15) is 17.7 Å². The van der Waals surface area contributed by atoms with Crippen molar-refractivity contribution in [2.75, 3.05) is 19.7 Å². The lowest BCUT2D eigenvalue weighted by Gasteiger charge is -2.39. The minimum absolute atomic E-state index is 0.0629. The van der Waals surface area contributed by atoms with Gasteiger partial charge in [0.05, 0.1) is 37.1 Å². The van der Waals surface area contributed by atoms with Crippen LogP contribution in [0.4, 0.5) is 0 Å². The van der Waals surface area contributed by atoms with E-state index in [2.05, 4.69) is 18.5 Å². The van der Waals surface area contributed by atoms with Crippen LogP contribution in [0.25, 0.3) is 0 Å². The van der Waals surface area contributed by atoms with E-state index in [0.29, 0.717) is 24.8 Å². The van der Waals surface area contributed by atoms with Crippen LogP contribution in [0.1, 0.15) is 58.1 Å². The summed E-state index contributed by atoms with van der Waals surface area (Å²) in [6.45, 7) is 12.9. The number of aliphatic hydroxyl groups is 1. The van der Waals surface area contributed by atoms with Crippen LogP contribution in [0.2, 0.25) is 0 Å². The monoisotopic (exact) mass is 581 g/mol. The average molecular weight is 582 g/mol. The molecule has 0 aliphatic carbocycles. The molecule has 3 saturated heterocycles. The second-order valence-corrected chi connectivity index (χ2v) is 11.7. The predicted molar refractivity (Wildman–Crippen MR) is 156 cm³/mol. The molecule has 1 aromatic rings. The Labute approximate surface area is 247 Å². The van der Waals surface area contributed by atoms with Crippen LogP contribution in [0, 0.1) is 11.8 Å². The number of hydrogen-bond acceptors (Lipinski definition) is 7. The minimum Gasteiger partial charge on any atom is -0.455 e. The molecule has 3 fully saturated rings. The normalized spacial score (nSPS) is 27.4. The third-order valence-corrected chi connectivity index (χ3v) is 8.71. The molecule has 3 aliphatic rings. The third-order valence-electron chi connectivity index (χ3n) is 8.71. The Balaban J connectivity index is 1.64. The fourth-order valence-electron chi connectivity index (χ4n) is 6.69. The smallest absolute Gasteiger partial charge is 0.313 e.